The first-order chi connectivity index (χ1) is 15.2. The zero-order valence-corrected chi connectivity index (χ0v) is 17.9. The lowest BCUT2D eigenvalue weighted by atomic mass is 10.2. The number of hydrogen-bond donors (Lipinski definition) is 1. The Bertz CT molecular complexity index is 1190. The smallest absolute Gasteiger partial charge is 0.250 e. The molecular formula is C24H22N4O2S. The molecule has 0 saturated carbocycles. The van der Waals surface area contributed by atoms with Gasteiger partial charge in [-0.2, -0.15) is 5.10 Å². The number of fused-ring (bicyclic) bond motifs is 1. The van der Waals surface area contributed by atoms with Crippen LogP contribution in [0.1, 0.15) is 11.1 Å². The number of benzene rings is 3. The number of aromatic nitrogens is 2. The van der Waals surface area contributed by atoms with Gasteiger partial charge in [0.2, 0.25) is 0 Å². The van der Waals surface area contributed by atoms with Crippen LogP contribution >= 0.6 is 11.8 Å². The molecule has 1 N–H and O–H groups in total. The third kappa shape index (κ3) is 5.32. The highest BCUT2D eigenvalue weighted by Gasteiger charge is 2.13. The molecule has 1 heterocycles. The summed E-state index contributed by atoms with van der Waals surface area (Å²) in [5, 5.41) is 4.84. The molecule has 0 radical (unpaired) electrons. The molecule has 0 unspecified atom stereocenters. The van der Waals surface area contributed by atoms with Crippen LogP contribution in [-0.2, 0) is 11.3 Å². The molecule has 0 saturated heterocycles. The van der Waals surface area contributed by atoms with E-state index in [-0.39, 0.29) is 11.7 Å². The van der Waals surface area contributed by atoms with Crippen LogP contribution in [0.2, 0.25) is 0 Å². The number of imidazole rings is 1. The van der Waals surface area contributed by atoms with Crippen molar-refractivity contribution >= 4 is 34.9 Å². The number of thioether (sulfide) groups is 1. The fourth-order valence-electron chi connectivity index (χ4n) is 3.11. The number of amides is 1. The van der Waals surface area contributed by atoms with Gasteiger partial charge in [0.1, 0.15) is 5.75 Å². The predicted molar refractivity (Wildman–Crippen MR) is 125 cm³/mol. The normalized spacial score (nSPS) is 11.1. The van der Waals surface area contributed by atoms with E-state index in [4.69, 9.17) is 9.72 Å². The van der Waals surface area contributed by atoms with Gasteiger partial charge in [0, 0.05) is 0 Å². The molecular weight excluding hydrogens is 408 g/mol. The summed E-state index contributed by atoms with van der Waals surface area (Å²) < 4.78 is 7.27. The lowest BCUT2D eigenvalue weighted by Crippen LogP contribution is -2.20. The number of nitrogens with one attached hydrogen (secondary N) is 1. The van der Waals surface area contributed by atoms with Crippen LogP contribution in [0, 0.1) is 0 Å². The molecule has 0 fully saturated rings. The second-order valence-corrected chi connectivity index (χ2v) is 7.75. The Morgan fingerprint density at radius 2 is 1.81 bits per heavy atom. The van der Waals surface area contributed by atoms with Gasteiger partial charge >= 0.3 is 0 Å². The van der Waals surface area contributed by atoms with E-state index in [0.29, 0.717) is 6.54 Å². The van der Waals surface area contributed by atoms with Crippen molar-refractivity contribution in [2.24, 2.45) is 5.10 Å². The molecule has 7 heteroatoms. The highest BCUT2D eigenvalue weighted by Crippen LogP contribution is 2.25. The summed E-state index contributed by atoms with van der Waals surface area (Å²) in [6.45, 7) is 0.695. The maximum atomic E-state index is 12.3. The molecule has 0 atom stereocenters. The Kier molecular flexibility index (Phi) is 6.64. The van der Waals surface area contributed by atoms with E-state index in [1.165, 1.54) is 17.3 Å². The summed E-state index contributed by atoms with van der Waals surface area (Å²) in [7, 11) is 1.62. The van der Waals surface area contributed by atoms with E-state index in [1.807, 2.05) is 60.7 Å². The second kappa shape index (κ2) is 9.95. The molecule has 156 valence electrons. The summed E-state index contributed by atoms with van der Waals surface area (Å²) >= 11 is 1.40. The van der Waals surface area contributed by atoms with Gasteiger partial charge in [-0.1, -0.05) is 54.2 Å². The van der Waals surface area contributed by atoms with Crippen molar-refractivity contribution in [2.45, 2.75) is 11.7 Å². The van der Waals surface area contributed by atoms with Crippen molar-refractivity contribution in [1.29, 1.82) is 0 Å². The van der Waals surface area contributed by atoms with Crippen LogP contribution in [0.25, 0.3) is 11.0 Å². The van der Waals surface area contributed by atoms with Crippen molar-refractivity contribution in [3.63, 3.8) is 0 Å². The van der Waals surface area contributed by atoms with Crippen molar-refractivity contribution < 1.29 is 9.53 Å². The molecule has 0 aliphatic carbocycles. The van der Waals surface area contributed by atoms with E-state index in [9.17, 15) is 4.79 Å². The van der Waals surface area contributed by atoms with Gasteiger partial charge in [-0.05, 0) is 47.5 Å². The van der Waals surface area contributed by atoms with E-state index < -0.39 is 0 Å². The van der Waals surface area contributed by atoms with Crippen molar-refractivity contribution in [2.75, 3.05) is 12.9 Å². The second-order valence-electron chi connectivity index (χ2n) is 6.81. The number of methoxy groups -OCH3 is 1. The number of carbonyl (C=O) groups excluding carboxylic acids is 1. The predicted octanol–water partition coefficient (Wildman–Crippen LogP) is 4.34. The number of hydrazone groups is 1. The zero-order chi connectivity index (χ0) is 21.5. The summed E-state index contributed by atoms with van der Waals surface area (Å²) in [5.74, 6) is 0.807. The number of ether oxygens (including phenoxy) is 1. The lowest BCUT2D eigenvalue weighted by Gasteiger charge is -2.09. The van der Waals surface area contributed by atoms with Gasteiger partial charge in [0.05, 0.1) is 36.7 Å². The van der Waals surface area contributed by atoms with Crippen LogP contribution in [0.4, 0.5) is 0 Å². The number of nitrogens with zero attached hydrogens (tertiary/aromatic N) is 3. The highest BCUT2D eigenvalue weighted by atomic mass is 32.2. The topological polar surface area (TPSA) is 68.5 Å². The summed E-state index contributed by atoms with van der Waals surface area (Å²) in [6, 6.07) is 25.7. The van der Waals surface area contributed by atoms with Crippen molar-refractivity contribution in [1.82, 2.24) is 15.0 Å². The lowest BCUT2D eigenvalue weighted by molar-refractivity contribution is -0.118. The molecule has 0 aliphatic heterocycles. The number of rotatable bonds is 8. The fraction of sp³-hybridized carbons (Fsp3) is 0.125. The van der Waals surface area contributed by atoms with Gasteiger partial charge in [0.15, 0.2) is 5.16 Å². The van der Waals surface area contributed by atoms with Crippen molar-refractivity contribution in [3.8, 4) is 5.75 Å². The third-order valence-corrected chi connectivity index (χ3v) is 5.63. The van der Waals surface area contributed by atoms with Crippen LogP contribution in [0.15, 0.2) is 89.1 Å². The molecule has 0 spiro atoms. The largest absolute Gasteiger partial charge is 0.497 e. The van der Waals surface area contributed by atoms with Crippen molar-refractivity contribution in [3.05, 3.63) is 90.0 Å². The van der Waals surface area contributed by atoms with Gasteiger partial charge in [0.25, 0.3) is 5.91 Å². The number of para-hydroxylation sites is 2. The zero-order valence-electron chi connectivity index (χ0n) is 17.1. The molecule has 4 rings (SSSR count). The Hall–Kier alpha value is -3.58. The van der Waals surface area contributed by atoms with Crippen LogP contribution in [0.5, 0.6) is 5.75 Å². The third-order valence-electron chi connectivity index (χ3n) is 4.65. The minimum atomic E-state index is -0.187. The number of carbonyl (C=O) groups is 1. The molecule has 4 aromatic rings. The molecule has 1 aromatic heterocycles. The summed E-state index contributed by atoms with van der Waals surface area (Å²) in [6.07, 6.45) is 1.60. The van der Waals surface area contributed by atoms with Crippen LogP contribution in [-0.4, -0.2) is 34.5 Å². The van der Waals surface area contributed by atoms with Gasteiger partial charge in [-0.25, -0.2) is 10.4 Å². The average Bonchev–Trinajstić information content (AvgIpc) is 3.16. The van der Waals surface area contributed by atoms with E-state index >= 15 is 0 Å². The Morgan fingerprint density at radius 3 is 2.58 bits per heavy atom. The quantitative estimate of drug-likeness (QED) is 0.257. The summed E-state index contributed by atoms with van der Waals surface area (Å²) in [4.78, 5) is 17.0. The Balaban J connectivity index is 1.41. The standard InChI is InChI=1S/C24H22N4O2S/c1-30-20-13-11-18(12-14-20)15-25-27-23(29)17-31-24-26-21-9-5-6-10-22(21)28(24)16-19-7-3-2-4-8-19/h2-15H,16-17H2,1H3,(H,27,29)/b25-15+. The molecule has 31 heavy (non-hydrogen) atoms. The van der Waals surface area contributed by atoms with Crippen LogP contribution in [0.3, 0.4) is 0 Å². The first-order valence-corrected chi connectivity index (χ1v) is 10.8. The highest BCUT2D eigenvalue weighted by molar-refractivity contribution is 7.99. The molecule has 0 bridgehead atoms. The average molecular weight is 431 g/mol. The van der Waals surface area contributed by atoms with E-state index in [1.54, 1.807) is 13.3 Å². The van der Waals surface area contributed by atoms with Crippen LogP contribution < -0.4 is 10.2 Å². The summed E-state index contributed by atoms with van der Waals surface area (Å²) in [5.41, 5.74) is 6.59. The number of hydrogen-bond acceptors (Lipinski definition) is 5. The van der Waals surface area contributed by atoms with Gasteiger partial charge in [-0.15, -0.1) is 0 Å². The van der Waals surface area contributed by atoms with Gasteiger partial charge < -0.3 is 9.30 Å². The van der Waals surface area contributed by atoms with E-state index in [2.05, 4.69) is 33.3 Å². The van der Waals surface area contributed by atoms with Gasteiger partial charge in [-0.3, -0.25) is 4.79 Å². The fourth-order valence-corrected chi connectivity index (χ4v) is 3.92. The minimum Gasteiger partial charge on any atom is -0.497 e. The first-order valence-electron chi connectivity index (χ1n) is 9.81. The maximum Gasteiger partial charge on any atom is 0.250 e. The monoisotopic (exact) mass is 430 g/mol. The molecule has 1 amide bonds. The van der Waals surface area contributed by atoms with E-state index in [0.717, 1.165) is 27.5 Å². The Morgan fingerprint density at radius 1 is 1.06 bits per heavy atom. The SMILES string of the molecule is COc1ccc(/C=N/NC(=O)CSc2nc3ccccc3n2Cc2ccccc2)cc1. The maximum absolute atomic E-state index is 12.3. The first kappa shape index (κ1) is 20.7. The molecule has 6 nitrogen and oxygen atoms in total. The minimum absolute atomic E-state index is 0.187. The molecule has 0 aliphatic rings. The molecule has 3 aromatic carbocycles. The Labute approximate surface area is 185 Å².